The zero-order valence-electron chi connectivity index (χ0n) is 16.7. The van der Waals surface area contributed by atoms with Crippen molar-refractivity contribution in [3.63, 3.8) is 0 Å². The molecule has 4 rings (SSSR count). The fourth-order valence-corrected chi connectivity index (χ4v) is 4.07. The van der Waals surface area contributed by atoms with Crippen LogP contribution in [-0.4, -0.2) is 51.4 Å². The molecule has 2 aliphatic heterocycles. The maximum atomic E-state index is 13.1. The summed E-state index contributed by atoms with van der Waals surface area (Å²) in [6.07, 6.45) is 2.31. The number of amides is 1. The molecule has 154 valence electrons. The van der Waals surface area contributed by atoms with Gasteiger partial charge in [-0.1, -0.05) is 30.3 Å². The van der Waals surface area contributed by atoms with Crippen molar-refractivity contribution in [2.75, 3.05) is 26.4 Å². The molecule has 0 spiro atoms. The monoisotopic (exact) mass is 398 g/mol. The lowest BCUT2D eigenvalue weighted by Crippen LogP contribution is -2.48. The number of nitrogens with zero attached hydrogens (tertiary/aromatic N) is 4. The molecule has 1 fully saturated rings. The van der Waals surface area contributed by atoms with Gasteiger partial charge in [-0.3, -0.25) is 14.3 Å². The third-order valence-electron chi connectivity index (χ3n) is 5.75. The quantitative estimate of drug-likeness (QED) is 0.772. The summed E-state index contributed by atoms with van der Waals surface area (Å²) in [6, 6.07) is 9.41. The number of likely N-dealkylation sites (tertiary alicyclic amines) is 1. The zero-order valence-corrected chi connectivity index (χ0v) is 16.7. The molecule has 1 amide bonds. The van der Waals surface area contributed by atoms with Crippen LogP contribution in [0.25, 0.3) is 0 Å². The summed E-state index contributed by atoms with van der Waals surface area (Å²) in [5.74, 6) is 0. The predicted octanol–water partition coefficient (Wildman–Crippen LogP) is 1.14. The molecule has 1 aromatic carbocycles. The Morgan fingerprint density at radius 1 is 1.07 bits per heavy atom. The van der Waals surface area contributed by atoms with E-state index >= 15 is 0 Å². The molecule has 0 unspecified atom stereocenters. The van der Waals surface area contributed by atoms with Gasteiger partial charge >= 0.3 is 11.8 Å². The molecule has 0 bridgehead atoms. The first kappa shape index (κ1) is 19.4. The minimum absolute atomic E-state index is 0.163. The van der Waals surface area contributed by atoms with E-state index in [0.717, 1.165) is 31.5 Å². The van der Waals surface area contributed by atoms with E-state index in [1.807, 2.05) is 30.3 Å². The smallest absolute Gasteiger partial charge is 0.411 e. The van der Waals surface area contributed by atoms with Crippen molar-refractivity contribution in [2.24, 2.45) is 7.05 Å². The second-order valence-electron chi connectivity index (χ2n) is 7.68. The van der Waals surface area contributed by atoms with E-state index in [-0.39, 0.29) is 31.1 Å². The van der Waals surface area contributed by atoms with Crippen molar-refractivity contribution in [2.45, 2.75) is 32.4 Å². The molecule has 8 heteroatoms. The lowest BCUT2D eigenvalue weighted by molar-refractivity contribution is 0.0503. The van der Waals surface area contributed by atoms with Gasteiger partial charge in [0, 0.05) is 38.8 Å². The first-order chi connectivity index (χ1) is 14.0. The Morgan fingerprint density at radius 2 is 1.79 bits per heavy atom. The van der Waals surface area contributed by atoms with Crippen LogP contribution in [0.4, 0.5) is 4.79 Å². The summed E-state index contributed by atoms with van der Waals surface area (Å²) in [6.45, 7) is 2.98. The first-order valence-electron chi connectivity index (χ1n) is 10.0. The highest BCUT2D eigenvalue weighted by atomic mass is 16.6. The van der Waals surface area contributed by atoms with Crippen molar-refractivity contribution in [1.82, 2.24) is 18.9 Å². The minimum Gasteiger partial charge on any atom is -0.433 e. The third-order valence-corrected chi connectivity index (χ3v) is 5.75. The van der Waals surface area contributed by atoms with Crippen molar-refractivity contribution in [3.8, 4) is 0 Å². The van der Waals surface area contributed by atoms with Gasteiger partial charge in [-0.25, -0.2) is 9.59 Å². The topological polar surface area (TPSA) is 76.8 Å². The Labute approximate surface area is 168 Å². The van der Waals surface area contributed by atoms with Crippen LogP contribution in [0.3, 0.4) is 0 Å². The average molecular weight is 398 g/mol. The van der Waals surface area contributed by atoms with Gasteiger partial charge in [0.1, 0.15) is 6.73 Å². The highest BCUT2D eigenvalue weighted by Crippen LogP contribution is 2.16. The van der Waals surface area contributed by atoms with E-state index in [1.54, 1.807) is 11.9 Å². The van der Waals surface area contributed by atoms with Gasteiger partial charge < -0.3 is 14.2 Å². The second kappa shape index (κ2) is 8.24. The third kappa shape index (κ3) is 3.98. The number of fused-ring (bicyclic) bond motifs is 1. The SMILES string of the molecule is Cn1c2c(c(=O)n(Cc3ccccc3)c1=O)CN(C(=O)OCN1CCCC1)CC2. The van der Waals surface area contributed by atoms with E-state index in [1.165, 1.54) is 9.13 Å². The summed E-state index contributed by atoms with van der Waals surface area (Å²) < 4.78 is 8.21. The van der Waals surface area contributed by atoms with Crippen molar-refractivity contribution < 1.29 is 9.53 Å². The number of rotatable bonds is 4. The Kier molecular flexibility index (Phi) is 5.53. The lowest BCUT2D eigenvalue weighted by atomic mass is 10.1. The molecule has 29 heavy (non-hydrogen) atoms. The van der Waals surface area contributed by atoms with Crippen LogP contribution >= 0.6 is 0 Å². The van der Waals surface area contributed by atoms with Gasteiger partial charge in [0.25, 0.3) is 5.56 Å². The summed E-state index contributed by atoms with van der Waals surface area (Å²) in [5, 5.41) is 0. The molecule has 1 saturated heterocycles. The molecule has 0 atom stereocenters. The van der Waals surface area contributed by atoms with Crippen LogP contribution < -0.4 is 11.2 Å². The summed E-state index contributed by atoms with van der Waals surface area (Å²) in [4.78, 5) is 42.0. The van der Waals surface area contributed by atoms with Gasteiger partial charge in [-0.15, -0.1) is 0 Å². The molecule has 0 aliphatic carbocycles. The maximum absolute atomic E-state index is 13.1. The van der Waals surface area contributed by atoms with E-state index in [2.05, 4.69) is 4.90 Å². The molecule has 8 nitrogen and oxygen atoms in total. The minimum atomic E-state index is -0.412. The molecule has 0 radical (unpaired) electrons. The number of hydrogen-bond donors (Lipinski definition) is 0. The Bertz CT molecular complexity index is 1010. The molecule has 2 aromatic rings. The number of benzene rings is 1. The van der Waals surface area contributed by atoms with Crippen LogP contribution in [-0.2, 0) is 31.3 Å². The van der Waals surface area contributed by atoms with Gasteiger partial charge in [0.15, 0.2) is 0 Å². The molecule has 0 N–H and O–H groups in total. The predicted molar refractivity (Wildman–Crippen MR) is 108 cm³/mol. The number of carbonyl (C=O) groups is 1. The molecule has 2 aliphatic rings. The number of carbonyl (C=O) groups excluding carboxylic acids is 1. The number of ether oxygens (including phenoxy) is 1. The van der Waals surface area contributed by atoms with Crippen LogP contribution in [0.5, 0.6) is 0 Å². The Morgan fingerprint density at radius 3 is 2.52 bits per heavy atom. The van der Waals surface area contributed by atoms with E-state index in [9.17, 15) is 14.4 Å². The fourth-order valence-electron chi connectivity index (χ4n) is 4.07. The molecule has 0 saturated carbocycles. The maximum Gasteiger partial charge on any atom is 0.411 e. The highest BCUT2D eigenvalue weighted by Gasteiger charge is 2.28. The lowest BCUT2D eigenvalue weighted by Gasteiger charge is -2.29. The summed E-state index contributed by atoms with van der Waals surface area (Å²) in [5.41, 5.74) is 1.41. The van der Waals surface area contributed by atoms with Crippen LogP contribution in [0, 0.1) is 0 Å². The van der Waals surface area contributed by atoms with Gasteiger partial charge in [-0.2, -0.15) is 0 Å². The average Bonchev–Trinajstić information content (AvgIpc) is 3.27. The second-order valence-corrected chi connectivity index (χ2v) is 7.68. The van der Waals surface area contributed by atoms with Crippen LogP contribution in [0.15, 0.2) is 39.9 Å². The van der Waals surface area contributed by atoms with Gasteiger partial charge in [0.05, 0.1) is 18.7 Å². The van der Waals surface area contributed by atoms with E-state index < -0.39 is 6.09 Å². The van der Waals surface area contributed by atoms with Crippen molar-refractivity contribution in [3.05, 3.63) is 68.0 Å². The number of hydrogen-bond acceptors (Lipinski definition) is 5. The highest BCUT2D eigenvalue weighted by molar-refractivity contribution is 5.68. The normalized spacial score (nSPS) is 16.7. The van der Waals surface area contributed by atoms with Crippen LogP contribution in [0.2, 0.25) is 0 Å². The molecular formula is C21H26N4O4. The summed E-state index contributed by atoms with van der Waals surface area (Å²) >= 11 is 0. The molecular weight excluding hydrogens is 372 g/mol. The van der Waals surface area contributed by atoms with Crippen molar-refractivity contribution >= 4 is 6.09 Å². The summed E-state index contributed by atoms with van der Waals surface area (Å²) in [7, 11) is 1.68. The van der Waals surface area contributed by atoms with Crippen molar-refractivity contribution in [1.29, 1.82) is 0 Å². The molecule has 3 heterocycles. The first-order valence-corrected chi connectivity index (χ1v) is 10.0. The van der Waals surface area contributed by atoms with Gasteiger partial charge in [0.2, 0.25) is 0 Å². The fraction of sp³-hybridized carbons (Fsp3) is 0.476. The Balaban J connectivity index is 1.55. The largest absolute Gasteiger partial charge is 0.433 e. The van der Waals surface area contributed by atoms with E-state index in [0.29, 0.717) is 24.2 Å². The van der Waals surface area contributed by atoms with Crippen LogP contribution in [0.1, 0.15) is 29.7 Å². The number of aromatic nitrogens is 2. The zero-order chi connectivity index (χ0) is 20.4. The standard InChI is InChI=1S/C21H26N4O4/c1-22-18-9-12-24(21(28)29-15-23-10-5-6-11-23)14-17(18)19(26)25(20(22)27)13-16-7-3-2-4-8-16/h2-4,7-8H,5-6,9-15H2,1H3. The van der Waals surface area contributed by atoms with E-state index in [4.69, 9.17) is 4.74 Å². The van der Waals surface area contributed by atoms with Gasteiger partial charge in [-0.05, 0) is 18.4 Å². The molecule has 1 aromatic heterocycles. The Hall–Kier alpha value is -2.87.